The van der Waals surface area contributed by atoms with Crippen molar-refractivity contribution in [3.63, 3.8) is 0 Å². The SMILES string of the molecule is Cl.Fc1cc(CC2CCNCC2)cc(F)c1F. The number of benzene rings is 1. The lowest BCUT2D eigenvalue weighted by atomic mass is 9.91. The summed E-state index contributed by atoms with van der Waals surface area (Å²) in [6.45, 7) is 1.88. The topological polar surface area (TPSA) is 12.0 Å². The van der Waals surface area contributed by atoms with Crippen LogP contribution < -0.4 is 5.32 Å². The van der Waals surface area contributed by atoms with Gasteiger partial charge in [-0.05, 0) is 56.0 Å². The van der Waals surface area contributed by atoms with Crippen molar-refractivity contribution in [2.75, 3.05) is 13.1 Å². The van der Waals surface area contributed by atoms with Crippen molar-refractivity contribution >= 4 is 12.4 Å². The Morgan fingerprint density at radius 2 is 1.59 bits per heavy atom. The first-order valence-corrected chi connectivity index (χ1v) is 5.51. The van der Waals surface area contributed by atoms with Gasteiger partial charge in [0.1, 0.15) is 0 Å². The summed E-state index contributed by atoms with van der Waals surface area (Å²) in [7, 11) is 0. The lowest BCUT2D eigenvalue weighted by Gasteiger charge is -2.22. The van der Waals surface area contributed by atoms with E-state index in [4.69, 9.17) is 0 Å². The third kappa shape index (κ3) is 3.61. The molecule has 0 bridgehead atoms. The van der Waals surface area contributed by atoms with E-state index in [1.54, 1.807) is 0 Å². The molecule has 1 aromatic carbocycles. The van der Waals surface area contributed by atoms with Gasteiger partial charge in [-0.1, -0.05) is 0 Å². The summed E-state index contributed by atoms with van der Waals surface area (Å²) in [5.74, 6) is -3.13. The van der Waals surface area contributed by atoms with Gasteiger partial charge in [0.05, 0.1) is 0 Å². The van der Waals surface area contributed by atoms with Gasteiger partial charge in [-0.15, -0.1) is 12.4 Å². The normalized spacial score (nSPS) is 16.6. The van der Waals surface area contributed by atoms with Crippen LogP contribution in [0.5, 0.6) is 0 Å². The molecule has 0 radical (unpaired) electrons. The summed E-state index contributed by atoms with van der Waals surface area (Å²) < 4.78 is 38.7. The van der Waals surface area contributed by atoms with Crippen LogP contribution in [0.25, 0.3) is 0 Å². The van der Waals surface area contributed by atoms with Gasteiger partial charge >= 0.3 is 0 Å². The Labute approximate surface area is 105 Å². The Morgan fingerprint density at radius 1 is 1.06 bits per heavy atom. The van der Waals surface area contributed by atoms with E-state index in [9.17, 15) is 13.2 Å². The molecule has 0 atom stereocenters. The lowest BCUT2D eigenvalue weighted by molar-refractivity contribution is 0.370. The molecule has 17 heavy (non-hydrogen) atoms. The molecule has 2 rings (SSSR count). The first-order valence-electron chi connectivity index (χ1n) is 5.51. The highest BCUT2D eigenvalue weighted by atomic mass is 35.5. The van der Waals surface area contributed by atoms with Crippen LogP contribution in [-0.2, 0) is 6.42 Å². The lowest BCUT2D eigenvalue weighted by Crippen LogP contribution is -2.28. The number of hydrogen-bond donors (Lipinski definition) is 1. The van der Waals surface area contributed by atoms with E-state index >= 15 is 0 Å². The predicted octanol–water partition coefficient (Wildman–Crippen LogP) is 3.07. The third-order valence-corrected chi connectivity index (χ3v) is 3.03. The van der Waals surface area contributed by atoms with Gasteiger partial charge < -0.3 is 5.32 Å². The van der Waals surface area contributed by atoms with Crippen LogP contribution in [-0.4, -0.2) is 13.1 Å². The molecule has 5 heteroatoms. The molecule has 0 amide bonds. The highest BCUT2D eigenvalue weighted by molar-refractivity contribution is 5.85. The summed E-state index contributed by atoms with van der Waals surface area (Å²) in [6.07, 6.45) is 2.62. The van der Waals surface area contributed by atoms with Gasteiger partial charge in [0.15, 0.2) is 17.5 Å². The molecule has 0 aromatic heterocycles. The van der Waals surface area contributed by atoms with Crippen LogP contribution in [0.4, 0.5) is 13.2 Å². The summed E-state index contributed by atoms with van der Waals surface area (Å²) in [6, 6.07) is 2.20. The molecular weight excluding hydrogens is 251 g/mol. The molecule has 1 fully saturated rings. The van der Waals surface area contributed by atoms with Crippen LogP contribution in [0.15, 0.2) is 12.1 Å². The van der Waals surface area contributed by atoms with Crippen LogP contribution >= 0.6 is 12.4 Å². The zero-order chi connectivity index (χ0) is 11.5. The molecule has 1 saturated heterocycles. The van der Waals surface area contributed by atoms with Crippen LogP contribution in [0.2, 0.25) is 0 Å². The highest BCUT2D eigenvalue weighted by Crippen LogP contribution is 2.21. The smallest absolute Gasteiger partial charge is 0.194 e. The standard InChI is InChI=1S/C12H14F3N.ClH/c13-10-6-9(7-11(14)12(10)15)5-8-1-3-16-4-2-8;/h6-8,16H,1-5H2;1H. The Balaban J connectivity index is 0.00000144. The zero-order valence-electron chi connectivity index (χ0n) is 9.31. The maximum absolute atomic E-state index is 13.0. The highest BCUT2D eigenvalue weighted by Gasteiger charge is 2.16. The van der Waals surface area contributed by atoms with E-state index in [-0.39, 0.29) is 12.4 Å². The molecule has 1 nitrogen and oxygen atoms in total. The maximum Gasteiger partial charge on any atom is 0.194 e. The van der Waals surface area contributed by atoms with Crippen molar-refractivity contribution in [3.05, 3.63) is 35.1 Å². The second kappa shape index (κ2) is 6.26. The minimum Gasteiger partial charge on any atom is -0.317 e. The van der Waals surface area contributed by atoms with Crippen molar-refractivity contribution in [2.24, 2.45) is 5.92 Å². The second-order valence-corrected chi connectivity index (χ2v) is 4.27. The Morgan fingerprint density at radius 3 is 2.12 bits per heavy atom. The van der Waals surface area contributed by atoms with Gasteiger partial charge in [-0.3, -0.25) is 0 Å². The summed E-state index contributed by atoms with van der Waals surface area (Å²) in [5.41, 5.74) is 0.545. The largest absolute Gasteiger partial charge is 0.317 e. The molecular formula is C12H15ClF3N. The number of halogens is 4. The molecule has 1 heterocycles. The Hall–Kier alpha value is -0.740. The molecule has 0 unspecified atom stereocenters. The number of hydrogen-bond acceptors (Lipinski definition) is 1. The van der Waals surface area contributed by atoms with Gasteiger partial charge in [-0.25, -0.2) is 13.2 Å². The summed E-state index contributed by atoms with van der Waals surface area (Å²) in [5, 5.41) is 3.22. The van der Waals surface area contributed by atoms with E-state index in [0.29, 0.717) is 17.9 Å². The number of piperidine rings is 1. The van der Waals surface area contributed by atoms with Crippen LogP contribution in [0.3, 0.4) is 0 Å². The van der Waals surface area contributed by atoms with E-state index in [2.05, 4.69) is 5.32 Å². The fourth-order valence-corrected chi connectivity index (χ4v) is 2.15. The summed E-state index contributed by atoms with van der Waals surface area (Å²) in [4.78, 5) is 0. The fourth-order valence-electron chi connectivity index (χ4n) is 2.15. The molecule has 0 spiro atoms. The van der Waals surface area contributed by atoms with Gasteiger partial charge in [0.25, 0.3) is 0 Å². The molecule has 96 valence electrons. The van der Waals surface area contributed by atoms with Crippen molar-refractivity contribution in [1.29, 1.82) is 0 Å². The van der Waals surface area contributed by atoms with Crippen LogP contribution in [0.1, 0.15) is 18.4 Å². The predicted molar refractivity (Wildman–Crippen MR) is 62.9 cm³/mol. The van der Waals surface area contributed by atoms with E-state index in [1.165, 1.54) is 0 Å². The maximum atomic E-state index is 13.0. The van der Waals surface area contributed by atoms with Gasteiger partial charge in [0, 0.05) is 0 Å². The van der Waals surface area contributed by atoms with Crippen LogP contribution in [0, 0.1) is 23.4 Å². The van der Waals surface area contributed by atoms with Crippen molar-refractivity contribution in [3.8, 4) is 0 Å². The van der Waals surface area contributed by atoms with Crippen molar-refractivity contribution < 1.29 is 13.2 Å². The third-order valence-electron chi connectivity index (χ3n) is 3.03. The van der Waals surface area contributed by atoms with E-state index < -0.39 is 17.5 Å². The fraction of sp³-hybridized carbons (Fsp3) is 0.500. The van der Waals surface area contributed by atoms with E-state index in [1.807, 2.05) is 0 Å². The average molecular weight is 266 g/mol. The number of rotatable bonds is 2. The zero-order valence-corrected chi connectivity index (χ0v) is 10.1. The van der Waals surface area contributed by atoms with Crippen molar-refractivity contribution in [2.45, 2.75) is 19.3 Å². The monoisotopic (exact) mass is 265 g/mol. The molecule has 1 aromatic rings. The van der Waals surface area contributed by atoms with Gasteiger partial charge in [0.2, 0.25) is 0 Å². The molecule has 1 aliphatic heterocycles. The Bertz CT molecular complexity index is 355. The average Bonchev–Trinajstić information content (AvgIpc) is 2.27. The quantitative estimate of drug-likeness (QED) is 0.811. The van der Waals surface area contributed by atoms with Gasteiger partial charge in [-0.2, -0.15) is 0 Å². The minimum atomic E-state index is -1.38. The summed E-state index contributed by atoms with van der Waals surface area (Å²) >= 11 is 0. The molecule has 1 N–H and O–H groups in total. The van der Waals surface area contributed by atoms with E-state index in [0.717, 1.165) is 38.1 Å². The minimum absolute atomic E-state index is 0. The first kappa shape index (κ1) is 14.3. The second-order valence-electron chi connectivity index (χ2n) is 4.27. The molecule has 0 saturated carbocycles. The molecule has 1 aliphatic rings. The first-order chi connectivity index (χ1) is 7.66. The van der Waals surface area contributed by atoms with Crippen molar-refractivity contribution in [1.82, 2.24) is 5.32 Å². The Kier molecular flexibility index (Phi) is 5.28. The molecule has 0 aliphatic carbocycles. The number of nitrogens with one attached hydrogen (secondary N) is 1.